The molecule has 0 amide bonds. The van der Waals surface area contributed by atoms with Crippen LogP contribution in [0.5, 0.6) is 0 Å². The summed E-state index contributed by atoms with van der Waals surface area (Å²) >= 11 is 0. The standard InChI is InChI=1S/C5H10N2/c1-3-5(7)4(2)6/h3H,2,6-7H2,1H3/b5-3-. The quantitative estimate of drug-likeness (QED) is 0.464. The van der Waals surface area contributed by atoms with E-state index in [1.807, 2.05) is 6.92 Å². The second-order valence-electron chi connectivity index (χ2n) is 1.27. The van der Waals surface area contributed by atoms with Crippen LogP contribution in [-0.2, 0) is 0 Å². The van der Waals surface area contributed by atoms with Gasteiger partial charge in [0.1, 0.15) is 0 Å². The van der Waals surface area contributed by atoms with Gasteiger partial charge in [0.15, 0.2) is 0 Å². The van der Waals surface area contributed by atoms with Gasteiger partial charge in [0.05, 0.1) is 0 Å². The van der Waals surface area contributed by atoms with Crippen LogP contribution < -0.4 is 11.5 Å². The smallest absolute Gasteiger partial charge is 0.0498 e. The van der Waals surface area contributed by atoms with Crippen LogP contribution in [0.2, 0.25) is 0 Å². The molecule has 0 aliphatic rings. The second-order valence-corrected chi connectivity index (χ2v) is 1.27. The highest BCUT2D eigenvalue weighted by Crippen LogP contribution is 1.87. The molecule has 40 valence electrons. The van der Waals surface area contributed by atoms with Crippen molar-refractivity contribution >= 4 is 0 Å². The zero-order valence-electron chi connectivity index (χ0n) is 4.44. The summed E-state index contributed by atoms with van der Waals surface area (Å²) < 4.78 is 0. The van der Waals surface area contributed by atoms with E-state index in [1.165, 1.54) is 0 Å². The van der Waals surface area contributed by atoms with E-state index < -0.39 is 0 Å². The normalized spacial score (nSPS) is 11.3. The average molecular weight is 98.1 g/mol. The molecular formula is C5H10N2. The van der Waals surface area contributed by atoms with Crippen LogP contribution in [0.4, 0.5) is 0 Å². The van der Waals surface area contributed by atoms with Crippen molar-refractivity contribution in [2.45, 2.75) is 6.92 Å². The lowest BCUT2D eigenvalue weighted by atomic mass is 10.3. The number of nitrogens with two attached hydrogens (primary N) is 2. The summed E-state index contributed by atoms with van der Waals surface area (Å²) in [5.41, 5.74) is 11.4. The van der Waals surface area contributed by atoms with Gasteiger partial charge >= 0.3 is 0 Å². The predicted octanol–water partition coefficient (Wildman–Crippen LogP) is 0.321. The van der Waals surface area contributed by atoms with Crippen molar-refractivity contribution in [3.05, 3.63) is 24.0 Å². The molecule has 0 spiro atoms. The molecule has 0 atom stereocenters. The highest BCUT2D eigenvalue weighted by atomic mass is 14.7. The maximum absolute atomic E-state index is 5.25. The third kappa shape index (κ3) is 1.87. The van der Waals surface area contributed by atoms with Crippen molar-refractivity contribution in [2.24, 2.45) is 11.5 Å². The van der Waals surface area contributed by atoms with Gasteiger partial charge in [0.2, 0.25) is 0 Å². The van der Waals surface area contributed by atoms with Crippen LogP contribution in [0.3, 0.4) is 0 Å². The van der Waals surface area contributed by atoms with Crippen molar-refractivity contribution < 1.29 is 0 Å². The fourth-order valence-electron chi connectivity index (χ4n) is 0.185. The molecule has 0 heterocycles. The van der Waals surface area contributed by atoms with Gasteiger partial charge in [-0.1, -0.05) is 12.7 Å². The molecule has 0 fully saturated rings. The Kier molecular flexibility index (Phi) is 1.99. The van der Waals surface area contributed by atoms with Crippen LogP contribution in [0, 0.1) is 0 Å². The van der Waals surface area contributed by atoms with E-state index in [1.54, 1.807) is 6.08 Å². The Morgan fingerprint density at radius 2 is 2.00 bits per heavy atom. The summed E-state index contributed by atoms with van der Waals surface area (Å²) in [4.78, 5) is 0. The Balaban J connectivity index is 3.82. The minimum absolute atomic E-state index is 0.433. The Bertz CT molecular complexity index is 103. The van der Waals surface area contributed by atoms with Gasteiger partial charge < -0.3 is 11.5 Å². The molecule has 4 N–H and O–H groups in total. The van der Waals surface area contributed by atoms with Crippen molar-refractivity contribution in [2.75, 3.05) is 0 Å². The molecule has 0 aliphatic carbocycles. The first-order chi connectivity index (χ1) is 3.18. The highest BCUT2D eigenvalue weighted by molar-refractivity contribution is 5.20. The third-order valence-electron chi connectivity index (χ3n) is 0.682. The molecule has 2 heteroatoms. The first-order valence-corrected chi connectivity index (χ1v) is 2.05. The van der Waals surface area contributed by atoms with E-state index in [4.69, 9.17) is 11.5 Å². The van der Waals surface area contributed by atoms with Gasteiger partial charge in [-0.15, -0.1) is 0 Å². The molecule has 0 unspecified atom stereocenters. The van der Waals surface area contributed by atoms with Crippen molar-refractivity contribution in [3.63, 3.8) is 0 Å². The number of rotatable bonds is 1. The van der Waals surface area contributed by atoms with Gasteiger partial charge in [0.25, 0.3) is 0 Å². The number of allylic oxidation sites excluding steroid dienone is 1. The first-order valence-electron chi connectivity index (χ1n) is 2.05. The van der Waals surface area contributed by atoms with Crippen LogP contribution in [0.25, 0.3) is 0 Å². The zero-order chi connectivity index (χ0) is 5.86. The van der Waals surface area contributed by atoms with Gasteiger partial charge in [-0.05, 0) is 6.92 Å². The van der Waals surface area contributed by atoms with Crippen LogP contribution in [0.1, 0.15) is 6.92 Å². The molecular weight excluding hydrogens is 88.1 g/mol. The summed E-state index contributed by atoms with van der Waals surface area (Å²) in [6.07, 6.45) is 1.71. The molecule has 0 aromatic carbocycles. The van der Waals surface area contributed by atoms with E-state index >= 15 is 0 Å². The van der Waals surface area contributed by atoms with E-state index in [0.717, 1.165) is 0 Å². The van der Waals surface area contributed by atoms with Crippen LogP contribution in [-0.4, -0.2) is 0 Å². The van der Waals surface area contributed by atoms with Gasteiger partial charge in [-0.2, -0.15) is 0 Å². The van der Waals surface area contributed by atoms with Crippen LogP contribution >= 0.6 is 0 Å². The van der Waals surface area contributed by atoms with E-state index in [2.05, 4.69) is 6.58 Å². The molecule has 2 nitrogen and oxygen atoms in total. The highest BCUT2D eigenvalue weighted by Gasteiger charge is 1.82. The van der Waals surface area contributed by atoms with Crippen molar-refractivity contribution in [1.29, 1.82) is 0 Å². The SMILES string of the molecule is C=C(N)/C(N)=C/C. The minimum atomic E-state index is 0.433. The zero-order valence-corrected chi connectivity index (χ0v) is 4.44. The number of hydrogen-bond acceptors (Lipinski definition) is 2. The Morgan fingerprint density at radius 1 is 1.57 bits per heavy atom. The molecule has 0 aromatic rings. The first kappa shape index (κ1) is 6.08. The lowest BCUT2D eigenvalue weighted by molar-refractivity contribution is 1.25. The van der Waals surface area contributed by atoms with Crippen LogP contribution in [0.15, 0.2) is 24.0 Å². The summed E-state index contributed by atoms with van der Waals surface area (Å²) in [6.45, 7) is 5.22. The van der Waals surface area contributed by atoms with E-state index in [9.17, 15) is 0 Å². The van der Waals surface area contributed by atoms with E-state index in [-0.39, 0.29) is 0 Å². The molecule has 7 heavy (non-hydrogen) atoms. The molecule has 0 rings (SSSR count). The second kappa shape index (κ2) is 2.29. The summed E-state index contributed by atoms with van der Waals surface area (Å²) in [6, 6.07) is 0. The fraction of sp³-hybridized carbons (Fsp3) is 0.200. The largest absolute Gasteiger partial charge is 0.398 e. The Labute approximate surface area is 43.5 Å². The van der Waals surface area contributed by atoms with Gasteiger partial charge in [-0.3, -0.25) is 0 Å². The van der Waals surface area contributed by atoms with Gasteiger partial charge in [0, 0.05) is 11.4 Å². The molecule has 0 saturated carbocycles. The predicted molar refractivity (Wildman–Crippen MR) is 31.3 cm³/mol. The lowest BCUT2D eigenvalue weighted by Gasteiger charge is -1.93. The monoisotopic (exact) mass is 98.1 g/mol. The minimum Gasteiger partial charge on any atom is -0.398 e. The molecule has 0 radical (unpaired) electrons. The topological polar surface area (TPSA) is 52.0 Å². The third-order valence-corrected chi connectivity index (χ3v) is 0.682. The molecule has 0 bridgehead atoms. The summed E-state index contributed by atoms with van der Waals surface area (Å²) in [5.74, 6) is 0. The van der Waals surface area contributed by atoms with Gasteiger partial charge in [-0.25, -0.2) is 0 Å². The number of hydrogen-bond donors (Lipinski definition) is 2. The molecule has 0 aliphatic heterocycles. The van der Waals surface area contributed by atoms with E-state index in [0.29, 0.717) is 11.4 Å². The van der Waals surface area contributed by atoms with Crippen molar-refractivity contribution in [1.82, 2.24) is 0 Å². The maximum Gasteiger partial charge on any atom is 0.0498 e. The Hall–Kier alpha value is -0.920. The molecule has 0 saturated heterocycles. The molecule has 0 aromatic heterocycles. The fourth-order valence-corrected chi connectivity index (χ4v) is 0.185. The van der Waals surface area contributed by atoms with Crippen molar-refractivity contribution in [3.8, 4) is 0 Å². The maximum atomic E-state index is 5.25. The average Bonchev–Trinajstić information content (AvgIpc) is 1.65. The Morgan fingerprint density at radius 3 is 2.00 bits per heavy atom. The lowest BCUT2D eigenvalue weighted by Crippen LogP contribution is -2.06. The summed E-state index contributed by atoms with van der Waals surface area (Å²) in [5, 5.41) is 0. The summed E-state index contributed by atoms with van der Waals surface area (Å²) in [7, 11) is 0.